The maximum absolute atomic E-state index is 11.4. The van der Waals surface area contributed by atoms with Gasteiger partial charge >= 0.3 is 12.6 Å². The summed E-state index contributed by atoms with van der Waals surface area (Å²) >= 11 is 0. The lowest BCUT2D eigenvalue weighted by Gasteiger charge is -2.05. The van der Waals surface area contributed by atoms with E-state index in [0.717, 1.165) is 12.8 Å². The van der Waals surface area contributed by atoms with Gasteiger partial charge in [0.15, 0.2) is 6.54 Å². The van der Waals surface area contributed by atoms with Crippen LogP contribution in [0, 0.1) is 6.67 Å². The first kappa shape index (κ1) is 16.2. The highest BCUT2D eigenvalue weighted by Crippen LogP contribution is 2.08. The van der Waals surface area contributed by atoms with E-state index in [1.54, 1.807) is 16.0 Å². The molecule has 0 aromatic heterocycles. The number of esters is 1. The van der Waals surface area contributed by atoms with Gasteiger partial charge in [-0.15, -0.1) is 9.80 Å². The highest BCUT2D eigenvalue weighted by molar-refractivity contribution is 5.72. The van der Waals surface area contributed by atoms with E-state index in [1.807, 2.05) is 13.2 Å². The van der Waals surface area contributed by atoms with Crippen molar-refractivity contribution in [2.45, 2.75) is 32.6 Å². The Morgan fingerprint density at radius 3 is 2.65 bits per heavy atom. The molecule has 0 amide bonds. The fourth-order valence-electron chi connectivity index (χ4n) is 1.44. The second kappa shape index (κ2) is 9.22. The van der Waals surface area contributed by atoms with Crippen molar-refractivity contribution in [2.24, 2.45) is 0 Å². The Bertz CT molecular complexity index is 247. The summed E-state index contributed by atoms with van der Waals surface area (Å²) in [6, 6.07) is 0. The molecule has 0 saturated carbocycles. The van der Waals surface area contributed by atoms with Gasteiger partial charge in [0.25, 0.3) is 0 Å². The molecule has 0 atom stereocenters. The fourth-order valence-corrected chi connectivity index (χ4v) is 1.44. The Morgan fingerprint density at radius 2 is 2.06 bits per heavy atom. The van der Waals surface area contributed by atoms with E-state index in [2.05, 4.69) is 13.6 Å². The van der Waals surface area contributed by atoms with E-state index in [1.165, 1.54) is 12.8 Å². The highest BCUT2D eigenvalue weighted by Gasteiger charge is 2.30. The van der Waals surface area contributed by atoms with E-state index in [0.29, 0.717) is 6.61 Å². The van der Waals surface area contributed by atoms with Crippen molar-refractivity contribution in [3.05, 3.63) is 19.1 Å². The van der Waals surface area contributed by atoms with Gasteiger partial charge in [0.05, 0.1) is 26.1 Å². The van der Waals surface area contributed by atoms with Gasteiger partial charge in [-0.25, -0.2) is 4.79 Å². The summed E-state index contributed by atoms with van der Waals surface area (Å²) in [7, 11) is 1.87. The number of hydrogen-bond donors (Lipinski definition) is 0. The average molecular weight is 304 g/mol. The molecule has 1 aliphatic heterocycles. The molecule has 5 heteroatoms. The average Bonchev–Trinajstić information content (AvgIpc) is 2.63. The number of halogens is 1. The second-order valence-electron chi connectivity index (χ2n) is 3.92. The third-order valence-corrected chi connectivity index (χ3v) is 2.32. The van der Waals surface area contributed by atoms with Crippen LogP contribution in [-0.4, -0.2) is 36.0 Å². The van der Waals surface area contributed by atoms with Crippen LogP contribution < -0.4 is 17.0 Å². The number of nitrogens with zero attached hydrogens (tertiary/aromatic N) is 2. The van der Waals surface area contributed by atoms with Crippen molar-refractivity contribution in [2.75, 3.05) is 20.2 Å². The quantitative estimate of drug-likeness (QED) is 0.337. The summed E-state index contributed by atoms with van der Waals surface area (Å²) in [6.07, 6.45) is 8.14. The molecule has 0 aromatic rings. The molecule has 0 N–H and O–H groups in total. The van der Waals surface area contributed by atoms with Crippen LogP contribution in [0.25, 0.3) is 0 Å². The largest absolute Gasteiger partial charge is 1.00 e. The maximum atomic E-state index is 11.4. The lowest BCUT2D eigenvalue weighted by molar-refractivity contribution is -0.144. The first-order chi connectivity index (χ1) is 7.72. The highest BCUT2D eigenvalue weighted by atomic mass is 79.9. The standard InChI is InChI=1S/C12H20N2O2.BrH/c1-3-4-5-6-9-16-12(15)10-14-8-7-13(2)11-14;/h7-8H,3-6,9-10H2,1-2H3;1H/q+1;/p-1. The lowest BCUT2D eigenvalue weighted by atomic mass is 10.2. The molecule has 97 valence electrons. The Labute approximate surface area is 114 Å². The predicted molar refractivity (Wildman–Crippen MR) is 62.0 cm³/mol. The molecule has 1 heterocycles. The zero-order valence-corrected chi connectivity index (χ0v) is 12.1. The molecule has 0 spiro atoms. The number of carbonyl (C=O) groups excluding carboxylic acids is 1. The number of unbranched alkanes of at least 4 members (excludes halogenated alkanes) is 3. The maximum Gasteiger partial charge on any atom is 0.564 e. The van der Waals surface area contributed by atoms with Crippen molar-refractivity contribution >= 4 is 5.97 Å². The molecule has 0 bridgehead atoms. The van der Waals surface area contributed by atoms with E-state index in [4.69, 9.17) is 4.74 Å². The summed E-state index contributed by atoms with van der Waals surface area (Å²) in [4.78, 5) is 14.8. The number of rotatable bonds is 7. The van der Waals surface area contributed by atoms with Crippen LogP contribution in [0.4, 0.5) is 0 Å². The summed E-state index contributed by atoms with van der Waals surface area (Å²) in [5, 5.41) is 0. The van der Waals surface area contributed by atoms with Gasteiger partial charge in [-0.1, -0.05) is 26.2 Å². The molecular formula is C12H20BrN2O2. The zero-order chi connectivity index (χ0) is 11.8. The molecule has 1 aliphatic rings. The molecule has 0 fully saturated rings. The second-order valence-corrected chi connectivity index (χ2v) is 3.92. The van der Waals surface area contributed by atoms with Gasteiger partial charge in [-0.2, -0.15) is 0 Å². The van der Waals surface area contributed by atoms with Crippen LogP contribution in [0.2, 0.25) is 0 Å². The van der Waals surface area contributed by atoms with Gasteiger partial charge in [0, 0.05) is 0 Å². The Morgan fingerprint density at radius 1 is 1.29 bits per heavy atom. The number of ether oxygens (including phenoxy) is 1. The van der Waals surface area contributed by atoms with Crippen molar-refractivity contribution in [3.8, 4) is 0 Å². The summed E-state index contributed by atoms with van der Waals surface area (Å²) in [5.74, 6) is -0.191. The molecule has 4 nitrogen and oxygen atoms in total. The Balaban J connectivity index is 0.00000256. The van der Waals surface area contributed by atoms with Crippen LogP contribution in [0.3, 0.4) is 0 Å². The Kier molecular flexibility index (Phi) is 8.76. The van der Waals surface area contributed by atoms with Crippen molar-refractivity contribution in [1.82, 2.24) is 9.80 Å². The fraction of sp³-hybridized carbons (Fsp3) is 0.667. The van der Waals surface area contributed by atoms with Crippen LogP contribution in [0.15, 0.2) is 12.4 Å². The van der Waals surface area contributed by atoms with Crippen molar-refractivity contribution in [1.29, 1.82) is 0 Å². The minimum absolute atomic E-state index is 0. The van der Waals surface area contributed by atoms with Gasteiger partial charge in [0.1, 0.15) is 0 Å². The van der Waals surface area contributed by atoms with Crippen LogP contribution >= 0.6 is 0 Å². The molecule has 17 heavy (non-hydrogen) atoms. The first-order valence-corrected chi connectivity index (χ1v) is 5.82. The normalized spacial score (nSPS) is 13.3. The molecule has 0 aliphatic carbocycles. The zero-order valence-electron chi connectivity index (χ0n) is 10.5. The summed E-state index contributed by atoms with van der Waals surface area (Å²) in [5.41, 5.74) is 0. The van der Waals surface area contributed by atoms with E-state index < -0.39 is 0 Å². The number of carbonyl (C=O) groups is 1. The third-order valence-electron chi connectivity index (χ3n) is 2.32. The minimum Gasteiger partial charge on any atom is -1.00 e. The summed E-state index contributed by atoms with van der Waals surface area (Å²) in [6.45, 7) is 5.89. The predicted octanol–water partition coefficient (Wildman–Crippen LogP) is -1.17. The van der Waals surface area contributed by atoms with Crippen LogP contribution in [-0.2, 0) is 9.53 Å². The summed E-state index contributed by atoms with van der Waals surface area (Å²) < 4.78 is 5.11. The SMILES string of the molecule is CCCCCCOC(=O)CN1[C+]N(C)C=C1.[Br-]. The van der Waals surface area contributed by atoms with Crippen molar-refractivity contribution in [3.63, 3.8) is 0 Å². The van der Waals surface area contributed by atoms with Crippen molar-refractivity contribution < 1.29 is 26.5 Å². The van der Waals surface area contributed by atoms with Gasteiger partial charge in [0.2, 0.25) is 0 Å². The van der Waals surface area contributed by atoms with Gasteiger partial charge in [-0.05, 0) is 6.42 Å². The molecule has 0 aromatic carbocycles. The molecule has 1 radical (unpaired) electrons. The smallest absolute Gasteiger partial charge is 0.564 e. The van der Waals surface area contributed by atoms with Gasteiger partial charge in [-0.3, -0.25) is 0 Å². The van der Waals surface area contributed by atoms with Crippen LogP contribution in [0.5, 0.6) is 0 Å². The first-order valence-electron chi connectivity index (χ1n) is 5.82. The molecular weight excluding hydrogens is 284 g/mol. The van der Waals surface area contributed by atoms with E-state index in [-0.39, 0.29) is 29.5 Å². The minimum atomic E-state index is -0.191. The topological polar surface area (TPSA) is 32.8 Å². The van der Waals surface area contributed by atoms with Gasteiger partial charge < -0.3 is 21.7 Å². The molecule has 1 rings (SSSR count). The van der Waals surface area contributed by atoms with E-state index in [9.17, 15) is 4.79 Å². The Hall–Kier alpha value is -0.840. The van der Waals surface area contributed by atoms with E-state index >= 15 is 0 Å². The number of hydrogen-bond acceptors (Lipinski definition) is 4. The monoisotopic (exact) mass is 303 g/mol. The molecule has 0 saturated heterocycles. The lowest BCUT2D eigenvalue weighted by Crippen LogP contribution is -3.00. The third kappa shape index (κ3) is 7.15. The molecule has 0 unspecified atom stereocenters. The van der Waals surface area contributed by atoms with Crippen LogP contribution in [0.1, 0.15) is 32.6 Å².